The Morgan fingerprint density at radius 3 is 1.93 bits per heavy atom. The van der Waals surface area contributed by atoms with Crippen molar-refractivity contribution in [1.29, 1.82) is 0 Å². The van der Waals surface area contributed by atoms with Crippen molar-refractivity contribution in [2.45, 2.75) is 70.2 Å². The fourth-order valence-electron chi connectivity index (χ4n) is 3.37. The summed E-state index contributed by atoms with van der Waals surface area (Å²) in [5, 5.41) is 30.3. The van der Waals surface area contributed by atoms with Crippen LogP contribution in [0.4, 0.5) is 0 Å². The van der Waals surface area contributed by atoms with Crippen LogP contribution in [-0.4, -0.2) is 27.5 Å². The first-order chi connectivity index (χ1) is 13.5. The SMILES string of the molecule is C=C[C@@H](O)c1ccc(-c2ccc(C[C@@H](O)[C@H](O)CCCCCCC)cc2)cc1. The fourth-order valence-corrected chi connectivity index (χ4v) is 3.37. The van der Waals surface area contributed by atoms with Crippen LogP contribution in [0.5, 0.6) is 0 Å². The van der Waals surface area contributed by atoms with Crippen molar-refractivity contribution in [3.8, 4) is 11.1 Å². The molecular formula is C25H34O3. The smallest absolute Gasteiger partial charge is 0.0969 e. The van der Waals surface area contributed by atoms with Gasteiger partial charge in [0.05, 0.1) is 18.3 Å². The van der Waals surface area contributed by atoms with Crippen LogP contribution in [0.3, 0.4) is 0 Å². The van der Waals surface area contributed by atoms with Gasteiger partial charge in [0.1, 0.15) is 0 Å². The van der Waals surface area contributed by atoms with Gasteiger partial charge in [0.15, 0.2) is 0 Å². The normalized spacial score (nSPS) is 14.4. The van der Waals surface area contributed by atoms with Crippen molar-refractivity contribution in [2.75, 3.05) is 0 Å². The van der Waals surface area contributed by atoms with Gasteiger partial charge in [-0.05, 0) is 28.7 Å². The maximum atomic E-state index is 10.3. The van der Waals surface area contributed by atoms with Gasteiger partial charge in [-0.15, -0.1) is 6.58 Å². The highest BCUT2D eigenvalue weighted by Crippen LogP contribution is 2.23. The zero-order valence-electron chi connectivity index (χ0n) is 16.9. The summed E-state index contributed by atoms with van der Waals surface area (Å²) in [5.41, 5.74) is 3.98. The minimum atomic E-state index is -0.725. The summed E-state index contributed by atoms with van der Waals surface area (Å²) in [5.74, 6) is 0. The summed E-state index contributed by atoms with van der Waals surface area (Å²) in [6.07, 6.45) is 6.33. The second-order valence-electron chi connectivity index (χ2n) is 7.54. The largest absolute Gasteiger partial charge is 0.390 e. The number of aliphatic hydroxyl groups excluding tert-OH is 3. The molecule has 0 bridgehead atoms. The highest BCUT2D eigenvalue weighted by Gasteiger charge is 2.16. The summed E-state index contributed by atoms with van der Waals surface area (Å²) < 4.78 is 0. The van der Waals surface area contributed by atoms with Gasteiger partial charge in [0.25, 0.3) is 0 Å². The quantitative estimate of drug-likeness (QED) is 0.349. The third-order valence-corrected chi connectivity index (χ3v) is 5.26. The summed E-state index contributed by atoms with van der Waals surface area (Å²) in [6, 6.07) is 15.8. The van der Waals surface area contributed by atoms with Gasteiger partial charge in [-0.25, -0.2) is 0 Å². The predicted molar refractivity (Wildman–Crippen MR) is 116 cm³/mol. The standard InChI is InChI=1S/C25H34O3/c1-3-5-6-7-8-9-24(27)25(28)18-19-10-12-20(13-11-19)21-14-16-22(17-15-21)23(26)4-2/h4,10-17,23-28H,2-3,5-9,18H2,1H3/t23-,24-,25-/m1/s1. The number of unbranched alkanes of at least 4 members (excludes halogenated alkanes) is 4. The lowest BCUT2D eigenvalue weighted by atomic mass is 9.97. The zero-order valence-corrected chi connectivity index (χ0v) is 16.9. The molecule has 3 N–H and O–H groups in total. The molecule has 2 aromatic carbocycles. The minimum absolute atomic E-state index is 0.459. The Morgan fingerprint density at radius 2 is 1.36 bits per heavy atom. The number of hydrogen-bond donors (Lipinski definition) is 3. The van der Waals surface area contributed by atoms with E-state index in [2.05, 4.69) is 13.5 Å². The Morgan fingerprint density at radius 1 is 0.786 bits per heavy atom. The molecule has 0 radical (unpaired) electrons. The third-order valence-electron chi connectivity index (χ3n) is 5.26. The van der Waals surface area contributed by atoms with E-state index in [0.29, 0.717) is 12.8 Å². The number of hydrogen-bond acceptors (Lipinski definition) is 3. The highest BCUT2D eigenvalue weighted by atomic mass is 16.3. The van der Waals surface area contributed by atoms with Crippen molar-refractivity contribution in [2.24, 2.45) is 0 Å². The van der Waals surface area contributed by atoms with E-state index in [4.69, 9.17) is 0 Å². The lowest BCUT2D eigenvalue weighted by Gasteiger charge is -2.18. The molecule has 3 nitrogen and oxygen atoms in total. The van der Waals surface area contributed by atoms with Crippen molar-refractivity contribution >= 4 is 0 Å². The average molecular weight is 383 g/mol. The zero-order chi connectivity index (χ0) is 20.4. The lowest BCUT2D eigenvalue weighted by molar-refractivity contribution is 0.0137. The molecule has 3 heteroatoms. The molecule has 2 rings (SSSR count). The van der Waals surface area contributed by atoms with Crippen molar-refractivity contribution in [3.05, 3.63) is 72.3 Å². The molecule has 2 aromatic rings. The summed E-state index contributed by atoms with van der Waals surface area (Å²) in [7, 11) is 0. The molecule has 0 aliphatic rings. The molecule has 0 heterocycles. The maximum absolute atomic E-state index is 10.3. The van der Waals surface area contributed by atoms with Gasteiger partial charge in [-0.3, -0.25) is 0 Å². The van der Waals surface area contributed by atoms with E-state index in [1.807, 2.05) is 48.5 Å². The van der Waals surface area contributed by atoms with Gasteiger partial charge in [0, 0.05) is 6.42 Å². The Hall–Kier alpha value is -1.94. The second kappa shape index (κ2) is 11.8. The molecule has 0 aliphatic heterocycles. The minimum Gasteiger partial charge on any atom is -0.390 e. The van der Waals surface area contributed by atoms with E-state index in [9.17, 15) is 15.3 Å². The molecule has 0 unspecified atom stereocenters. The first-order valence-corrected chi connectivity index (χ1v) is 10.4. The molecule has 0 spiro atoms. The molecule has 0 saturated heterocycles. The molecule has 0 aromatic heterocycles. The summed E-state index contributed by atoms with van der Waals surface area (Å²) in [6.45, 7) is 5.79. The molecule has 0 saturated carbocycles. The van der Waals surface area contributed by atoms with Gasteiger partial charge in [-0.1, -0.05) is 93.6 Å². The first kappa shape index (κ1) is 22.4. The number of aliphatic hydroxyl groups is 3. The molecule has 3 atom stereocenters. The van der Waals surface area contributed by atoms with Crippen LogP contribution in [0.1, 0.15) is 62.7 Å². The monoisotopic (exact) mass is 382 g/mol. The third kappa shape index (κ3) is 6.90. The predicted octanol–water partition coefficient (Wildman–Crippen LogP) is 5.20. The van der Waals surface area contributed by atoms with Crippen LogP contribution in [0, 0.1) is 0 Å². The van der Waals surface area contributed by atoms with Gasteiger partial charge in [0.2, 0.25) is 0 Å². The molecule has 28 heavy (non-hydrogen) atoms. The molecule has 0 amide bonds. The van der Waals surface area contributed by atoms with E-state index >= 15 is 0 Å². The topological polar surface area (TPSA) is 60.7 Å². The first-order valence-electron chi connectivity index (χ1n) is 10.4. The lowest BCUT2D eigenvalue weighted by Crippen LogP contribution is -2.27. The summed E-state index contributed by atoms with van der Waals surface area (Å²) in [4.78, 5) is 0. The molecule has 0 fully saturated rings. The van der Waals surface area contributed by atoms with Crippen molar-refractivity contribution in [3.63, 3.8) is 0 Å². The molecule has 152 valence electrons. The highest BCUT2D eigenvalue weighted by molar-refractivity contribution is 5.64. The van der Waals surface area contributed by atoms with Crippen LogP contribution in [-0.2, 0) is 6.42 Å². The van der Waals surface area contributed by atoms with Crippen LogP contribution in [0.25, 0.3) is 11.1 Å². The van der Waals surface area contributed by atoms with Crippen LogP contribution in [0.15, 0.2) is 61.2 Å². The Bertz CT molecular complexity index is 691. The van der Waals surface area contributed by atoms with E-state index in [-0.39, 0.29) is 0 Å². The fraction of sp³-hybridized carbons (Fsp3) is 0.440. The number of rotatable bonds is 12. The average Bonchev–Trinajstić information content (AvgIpc) is 2.73. The van der Waals surface area contributed by atoms with E-state index in [1.54, 1.807) is 0 Å². The maximum Gasteiger partial charge on any atom is 0.0969 e. The van der Waals surface area contributed by atoms with Crippen LogP contribution < -0.4 is 0 Å². The summed E-state index contributed by atoms with van der Waals surface area (Å²) >= 11 is 0. The Labute approximate surface area is 169 Å². The molecule has 0 aliphatic carbocycles. The van der Waals surface area contributed by atoms with Gasteiger partial charge < -0.3 is 15.3 Å². The van der Waals surface area contributed by atoms with E-state index in [1.165, 1.54) is 25.3 Å². The van der Waals surface area contributed by atoms with Gasteiger partial charge in [-0.2, -0.15) is 0 Å². The second-order valence-corrected chi connectivity index (χ2v) is 7.54. The van der Waals surface area contributed by atoms with Crippen molar-refractivity contribution < 1.29 is 15.3 Å². The van der Waals surface area contributed by atoms with Crippen LogP contribution in [0.2, 0.25) is 0 Å². The number of benzene rings is 2. The molecular weight excluding hydrogens is 348 g/mol. The van der Waals surface area contributed by atoms with Gasteiger partial charge >= 0.3 is 0 Å². The Balaban J connectivity index is 1.87. The van der Waals surface area contributed by atoms with Crippen molar-refractivity contribution in [1.82, 2.24) is 0 Å². The van der Waals surface area contributed by atoms with E-state index < -0.39 is 18.3 Å². The Kier molecular flexibility index (Phi) is 9.42. The van der Waals surface area contributed by atoms with E-state index in [0.717, 1.165) is 35.1 Å². The van der Waals surface area contributed by atoms with Crippen LogP contribution >= 0.6 is 0 Å².